The number of hydrogen-bond donors (Lipinski definition) is 1. The zero-order valence-corrected chi connectivity index (χ0v) is 10.00. The Kier molecular flexibility index (Phi) is 3.72. The van der Waals surface area contributed by atoms with Crippen molar-refractivity contribution in [2.24, 2.45) is 0 Å². The molecule has 1 heterocycles. The minimum atomic E-state index is -0.406. The predicted octanol–water partition coefficient (Wildman–Crippen LogP) is 2.44. The van der Waals surface area contributed by atoms with Crippen LogP contribution in [0.2, 0.25) is 0 Å². The third-order valence-corrected chi connectivity index (χ3v) is 3.08. The van der Waals surface area contributed by atoms with E-state index in [-0.39, 0.29) is 0 Å². The Bertz CT molecular complexity index is 503. The van der Waals surface area contributed by atoms with Crippen molar-refractivity contribution in [2.75, 3.05) is 18.5 Å². The Morgan fingerprint density at radius 2 is 2.35 bits per heavy atom. The maximum absolute atomic E-state index is 10.8. The maximum Gasteiger partial charge on any atom is 0.330 e. The summed E-state index contributed by atoms with van der Waals surface area (Å²) in [6.45, 7) is 4.17. The Morgan fingerprint density at radius 1 is 1.53 bits per heavy atom. The van der Waals surface area contributed by atoms with Crippen LogP contribution >= 0.6 is 11.3 Å². The smallest absolute Gasteiger partial charge is 0.330 e. The summed E-state index contributed by atoms with van der Waals surface area (Å²) < 4.78 is 5.98. The molecule has 0 saturated heterocycles. The molecule has 88 valence electrons. The zero-order valence-electron chi connectivity index (χ0n) is 9.18. The molecule has 0 radical (unpaired) electrons. The normalized spacial score (nSPS) is 10.1. The van der Waals surface area contributed by atoms with Gasteiger partial charge in [0.05, 0.1) is 16.8 Å². The van der Waals surface area contributed by atoms with Crippen LogP contribution in [-0.2, 0) is 9.53 Å². The van der Waals surface area contributed by atoms with Crippen LogP contribution in [0.5, 0.6) is 0 Å². The SMILES string of the molecule is C=CC(=O)OCCNc1nc2ccccc2s1. The fraction of sp³-hybridized carbons (Fsp3) is 0.167. The molecule has 17 heavy (non-hydrogen) atoms. The van der Waals surface area contributed by atoms with Crippen molar-refractivity contribution >= 4 is 32.7 Å². The number of esters is 1. The molecule has 1 N–H and O–H groups in total. The van der Waals surface area contributed by atoms with Crippen LogP contribution in [0.15, 0.2) is 36.9 Å². The van der Waals surface area contributed by atoms with Gasteiger partial charge in [-0.3, -0.25) is 0 Å². The number of benzene rings is 1. The van der Waals surface area contributed by atoms with Crippen molar-refractivity contribution in [1.82, 2.24) is 4.98 Å². The molecule has 0 amide bonds. The highest BCUT2D eigenvalue weighted by atomic mass is 32.1. The molecule has 0 bridgehead atoms. The van der Waals surface area contributed by atoms with Gasteiger partial charge in [0.1, 0.15) is 6.61 Å². The first kappa shape index (κ1) is 11.6. The minimum absolute atomic E-state index is 0.306. The molecule has 1 aromatic carbocycles. The molecule has 0 aliphatic carbocycles. The highest BCUT2D eigenvalue weighted by Crippen LogP contribution is 2.24. The van der Waals surface area contributed by atoms with Gasteiger partial charge in [0.15, 0.2) is 5.13 Å². The number of thiazole rings is 1. The molecule has 0 spiro atoms. The standard InChI is InChI=1S/C12H12N2O2S/c1-2-11(15)16-8-7-13-12-14-9-5-3-4-6-10(9)17-12/h2-6H,1,7-8H2,(H,13,14). The zero-order chi connectivity index (χ0) is 12.1. The van der Waals surface area contributed by atoms with Gasteiger partial charge in [-0.2, -0.15) is 0 Å². The molecular formula is C12H12N2O2S. The molecule has 2 rings (SSSR count). The topological polar surface area (TPSA) is 51.2 Å². The lowest BCUT2D eigenvalue weighted by Crippen LogP contribution is -2.11. The van der Waals surface area contributed by atoms with E-state index in [1.807, 2.05) is 24.3 Å². The molecule has 1 aromatic heterocycles. The predicted molar refractivity (Wildman–Crippen MR) is 69.3 cm³/mol. The summed E-state index contributed by atoms with van der Waals surface area (Å²) in [5.41, 5.74) is 0.975. The van der Waals surface area contributed by atoms with E-state index in [0.717, 1.165) is 21.4 Å². The molecule has 0 unspecified atom stereocenters. The van der Waals surface area contributed by atoms with Gasteiger partial charge in [0, 0.05) is 6.08 Å². The Labute approximate surface area is 103 Å². The van der Waals surface area contributed by atoms with Gasteiger partial charge in [-0.15, -0.1) is 0 Å². The summed E-state index contributed by atoms with van der Waals surface area (Å²) >= 11 is 1.58. The second kappa shape index (κ2) is 5.45. The van der Waals surface area contributed by atoms with Crippen LogP contribution in [0.3, 0.4) is 0 Å². The summed E-state index contributed by atoms with van der Waals surface area (Å²) in [7, 11) is 0. The van der Waals surface area contributed by atoms with Gasteiger partial charge in [-0.25, -0.2) is 9.78 Å². The largest absolute Gasteiger partial charge is 0.461 e. The molecule has 4 nitrogen and oxygen atoms in total. The third-order valence-electron chi connectivity index (χ3n) is 2.08. The number of para-hydroxylation sites is 1. The van der Waals surface area contributed by atoms with Crippen molar-refractivity contribution in [3.05, 3.63) is 36.9 Å². The Hall–Kier alpha value is -1.88. The second-order valence-corrected chi connectivity index (χ2v) is 4.32. The molecule has 5 heteroatoms. The van der Waals surface area contributed by atoms with E-state index >= 15 is 0 Å². The molecule has 0 fully saturated rings. The lowest BCUT2D eigenvalue weighted by Gasteiger charge is -2.02. The number of rotatable bonds is 5. The molecule has 0 aliphatic heterocycles. The lowest BCUT2D eigenvalue weighted by atomic mass is 10.3. The summed E-state index contributed by atoms with van der Waals surface area (Å²) in [5.74, 6) is -0.406. The number of hydrogen-bond acceptors (Lipinski definition) is 5. The van der Waals surface area contributed by atoms with Crippen molar-refractivity contribution in [1.29, 1.82) is 0 Å². The fourth-order valence-electron chi connectivity index (χ4n) is 1.32. The fourth-order valence-corrected chi connectivity index (χ4v) is 2.21. The van der Waals surface area contributed by atoms with Gasteiger partial charge in [0.2, 0.25) is 0 Å². The van der Waals surface area contributed by atoms with Crippen LogP contribution < -0.4 is 5.32 Å². The molecular weight excluding hydrogens is 236 g/mol. The highest BCUT2D eigenvalue weighted by molar-refractivity contribution is 7.22. The molecule has 0 aliphatic rings. The van der Waals surface area contributed by atoms with Crippen LogP contribution in [0.4, 0.5) is 5.13 Å². The first-order chi connectivity index (χ1) is 8.29. The van der Waals surface area contributed by atoms with Gasteiger partial charge in [-0.1, -0.05) is 30.0 Å². The number of carbonyl (C=O) groups excluding carboxylic acids is 1. The maximum atomic E-state index is 10.8. The average molecular weight is 248 g/mol. The van der Waals surface area contributed by atoms with Crippen molar-refractivity contribution in [3.63, 3.8) is 0 Å². The molecule has 0 saturated carbocycles. The van der Waals surface area contributed by atoms with E-state index in [4.69, 9.17) is 4.74 Å². The van der Waals surface area contributed by atoms with Crippen LogP contribution in [0.25, 0.3) is 10.2 Å². The third kappa shape index (κ3) is 3.04. The number of ether oxygens (including phenoxy) is 1. The van der Waals surface area contributed by atoms with Gasteiger partial charge in [-0.05, 0) is 12.1 Å². The van der Waals surface area contributed by atoms with Crippen molar-refractivity contribution in [3.8, 4) is 0 Å². The number of carbonyl (C=O) groups is 1. The summed E-state index contributed by atoms with van der Waals surface area (Å²) in [6, 6.07) is 7.93. The van der Waals surface area contributed by atoms with Crippen LogP contribution in [0, 0.1) is 0 Å². The van der Waals surface area contributed by atoms with Crippen LogP contribution in [0.1, 0.15) is 0 Å². The Morgan fingerprint density at radius 3 is 3.12 bits per heavy atom. The van der Waals surface area contributed by atoms with E-state index in [1.165, 1.54) is 0 Å². The first-order valence-corrected chi connectivity index (χ1v) is 6.00. The van der Waals surface area contributed by atoms with E-state index in [1.54, 1.807) is 11.3 Å². The number of fused-ring (bicyclic) bond motifs is 1. The highest BCUT2D eigenvalue weighted by Gasteiger charge is 2.02. The van der Waals surface area contributed by atoms with Crippen molar-refractivity contribution < 1.29 is 9.53 Å². The van der Waals surface area contributed by atoms with E-state index in [2.05, 4.69) is 16.9 Å². The van der Waals surface area contributed by atoms with Crippen molar-refractivity contribution in [2.45, 2.75) is 0 Å². The number of aromatic nitrogens is 1. The monoisotopic (exact) mass is 248 g/mol. The number of nitrogens with zero attached hydrogens (tertiary/aromatic N) is 1. The second-order valence-electron chi connectivity index (χ2n) is 3.29. The van der Waals surface area contributed by atoms with Gasteiger partial charge in [0.25, 0.3) is 0 Å². The van der Waals surface area contributed by atoms with Gasteiger partial charge >= 0.3 is 5.97 Å². The molecule has 0 atom stereocenters. The van der Waals surface area contributed by atoms with E-state index in [9.17, 15) is 4.79 Å². The quantitative estimate of drug-likeness (QED) is 0.501. The average Bonchev–Trinajstić information content (AvgIpc) is 2.76. The minimum Gasteiger partial charge on any atom is -0.461 e. The summed E-state index contributed by atoms with van der Waals surface area (Å²) in [5, 5.41) is 3.94. The van der Waals surface area contributed by atoms with Crippen LogP contribution in [-0.4, -0.2) is 24.1 Å². The molecule has 2 aromatic rings. The summed E-state index contributed by atoms with van der Waals surface area (Å²) in [6.07, 6.45) is 1.15. The van der Waals surface area contributed by atoms with E-state index < -0.39 is 5.97 Å². The first-order valence-electron chi connectivity index (χ1n) is 5.18. The summed E-state index contributed by atoms with van der Waals surface area (Å²) in [4.78, 5) is 15.2. The number of nitrogens with one attached hydrogen (secondary N) is 1. The van der Waals surface area contributed by atoms with E-state index in [0.29, 0.717) is 13.2 Å². The number of anilines is 1. The lowest BCUT2D eigenvalue weighted by molar-refractivity contribution is -0.137. The van der Waals surface area contributed by atoms with Gasteiger partial charge < -0.3 is 10.1 Å². The Balaban J connectivity index is 1.87.